The van der Waals surface area contributed by atoms with Crippen molar-refractivity contribution < 1.29 is 24.6 Å². The predicted molar refractivity (Wildman–Crippen MR) is 92.5 cm³/mol. The summed E-state index contributed by atoms with van der Waals surface area (Å²) >= 11 is 4.30. The Labute approximate surface area is 151 Å². The molecule has 2 rings (SSSR count). The lowest BCUT2D eigenvalue weighted by Gasteiger charge is -2.30. The van der Waals surface area contributed by atoms with Crippen molar-refractivity contribution in [1.82, 2.24) is 4.98 Å². The van der Waals surface area contributed by atoms with E-state index in [4.69, 9.17) is 15.3 Å². The molecule has 2 heterocycles. The number of aliphatic hydroxyl groups is 2. The van der Waals surface area contributed by atoms with Crippen LogP contribution in [0.4, 0.5) is 0 Å². The second-order valence-electron chi connectivity index (χ2n) is 5.19. The Morgan fingerprint density at radius 1 is 1.58 bits per heavy atom. The van der Waals surface area contributed by atoms with E-state index in [1.54, 1.807) is 12.1 Å². The molecule has 1 aliphatic heterocycles. The number of ketones is 1. The van der Waals surface area contributed by atoms with Crippen LogP contribution in [0.25, 0.3) is 0 Å². The second kappa shape index (κ2) is 8.15. The molecule has 1 atom stereocenters. The SMILES string of the molecule is COc1nc(C(N)=NOCC(=O)C2CCSC(O)(O)C2)ccc1Br. The van der Waals surface area contributed by atoms with Gasteiger partial charge >= 0.3 is 0 Å². The van der Waals surface area contributed by atoms with Crippen molar-refractivity contribution in [3.63, 3.8) is 0 Å². The Hall–Kier alpha value is -1.36. The summed E-state index contributed by atoms with van der Waals surface area (Å²) in [5.41, 5.74) is 6.12. The zero-order chi connectivity index (χ0) is 17.7. The number of thioether (sulfide) groups is 1. The number of carbonyl (C=O) groups is 1. The number of nitrogens with zero attached hydrogens (tertiary/aromatic N) is 2. The van der Waals surface area contributed by atoms with Gasteiger partial charge in [-0.1, -0.05) is 16.9 Å². The number of halogens is 1. The minimum Gasteiger partial charge on any atom is -0.480 e. The maximum atomic E-state index is 12.0. The number of ether oxygens (including phenoxy) is 1. The van der Waals surface area contributed by atoms with Crippen molar-refractivity contribution in [3.8, 4) is 5.88 Å². The number of nitrogens with two attached hydrogens (primary N) is 1. The quantitative estimate of drug-likeness (QED) is 0.268. The summed E-state index contributed by atoms with van der Waals surface area (Å²) in [6.45, 7) is -0.292. The van der Waals surface area contributed by atoms with Gasteiger partial charge in [-0.25, -0.2) is 4.98 Å². The molecule has 1 fully saturated rings. The zero-order valence-electron chi connectivity index (χ0n) is 12.9. The van der Waals surface area contributed by atoms with Crippen LogP contribution in [0.15, 0.2) is 21.8 Å². The van der Waals surface area contributed by atoms with Crippen LogP contribution in [0.2, 0.25) is 0 Å². The van der Waals surface area contributed by atoms with Crippen molar-refractivity contribution in [2.75, 3.05) is 19.5 Å². The molecule has 1 aromatic rings. The molecule has 132 valence electrons. The topological polar surface area (TPSA) is 127 Å². The van der Waals surface area contributed by atoms with Gasteiger partial charge in [-0.05, 0) is 40.2 Å². The highest BCUT2D eigenvalue weighted by Gasteiger charge is 2.36. The Morgan fingerprint density at radius 2 is 2.33 bits per heavy atom. The van der Waals surface area contributed by atoms with Crippen LogP contribution >= 0.6 is 27.7 Å². The third-order valence-corrected chi connectivity index (χ3v) is 5.08. The third kappa shape index (κ3) is 5.07. The summed E-state index contributed by atoms with van der Waals surface area (Å²) in [4.78, 5) is 21.2. The molecule has 4 N–H and O–H groups in total. The molecule has 0 aliphatic carbocycles. The number of Topliss-reactive ketones (excluding diaryl/α,β-unsaturated/α-hetero) is 1. The number of hydrogen-bond acceptors (Lipinski definition) is 8. The molecule has 0 aromatic carbocycles. The molecule has 0 bridgehead atoms. The summed E-state index contributed by atoms with van der Waals surface area (Å²) in [6, 6.07) is 3.33. The molecular weight excluding hydrogens is 402 g/mol. The fourth-order valence-corrected chi connectivity index (χ4v) is 3.59. The molecule has 0 spiro atoms. The van der Waals surface area contributed by atoms with Gasteiger partial charge in [0.05, 0.1) is 11.6 Å². The minimum absolute atomic E-state index is 0.00598. The van der Waals surface area contributed by atoms with E-state index < -0.39 is 11.0 Å². The number of carbonyl (C=O) groups excluding carboxylic acids is 1. The summed E-state index contributed by atoms with van der Waals surface area (Å²) in [5, 5.41) is 21.0. The lowest BCUT2D eigenvalue weighted by molar-refractivity contribution is -0.136. The van der Waals surface area contributed by atoms with Gasteiger partial charge in [0.2, 0.25) is 11.0 Å². The van der Waals surface area contributed by atoms with Gasteiger partial charge in [-0.2, -0.15) is 0 Å². The predicted octanol–water partition coefficient (Wildman–Crippen LogP) is 0.840. The van der Waals surface area contributed by atoms with Crippen LogP contribution in [0.1, 0.15) is 18.5 Å². The van der Waals surface area contributed by atoms with E-state index >= 15 is 0 Å². The van der Waals surface area contributed by atoms with Crippen molar-refractivity contribution in [2.24, 2.45) is 16.8 Å². The molecule has 8 nitrogen and oxygen atoms in total. The fraction of sp³-hybridized carbons (Fsp3) is 0.500. The van der Waals surface area contributed by atoms with Crippen LogP contribution in [0.5, 0.6) is 5.88 Å². The average Bonchev–Trinajstić information content (AvgIpc) is 2.54. The molecule has 24 heavy (non-hydrogen) atoms. The van der Waals surface area contributed by atoms with E-state index in [-0.39, 0.29) is 24.6 Å². The summed E-state index contributed by atoms with van der Waals surface area (Å²) in [7, 11) is 1.48. The average molecular weight is 420 g/mol. The van der Waals surface area contributed by atoms with Gasteiger partial charge in [0.15, 0.2) is 18.2 Å². The molecule has 0 radical (unpaired) electrons. The van der Waals surface area contributed by atoms with E-state index in [0.29, 0.717) is 28.2 Å². The van der Waals surface area contributed by atoms with Gasteiger partial charge in [0.1, 0.15) is 5.69 Å². The number of methoxy groups -OCH3 is 1. The van der Waals surface area contributed by atoms with Gasteiger partial charge in [0, 0.05) is 12.3 Å². The van der Waals surface area contributed by atoms with Crippen molar-refractivity contribution in [3.05, 3.63) is 22.3 Å². The van der Waals surface area contributed by atoms with Crippen molar-refractivity contribution in [2.45, 2.75) is 18.0 Å². The van der Waals surface area contributed by atoms with E-state index in [1.165, 1.54) is 7.11 Å². The highest BCUT2D eigenvalue weighted by molar-refractivity contribution is 9.10. The monoisotopic (exact) mass is 419 g/mol. The first-order valence-electron chi connectivity index (χ1n) is 7.10. The van der Waals surface area contributed by atoms with Gasteiger partial charge in [0.25, 0.3) is 0 Å². The lowest BCUT2D eigenvalue weighted by Crippen LogP contribution is -2.36. The number of hydrogen-bond donors (Lipinski definition) is 3. The maximum Gasteiger partial charge on any atom is 0.228 e. The molecular formula is C14H18BrN3O5S. The largest absolute Gasteiger partial charge is 0.480 e. The molecule has 10 heteroatoms. The minimum atomic E-state index is -1.86. The summed E-state index contributed by atoms with van der Waals surface area (Å²) < 4.78 is 5.74. The van der Waals surface area contributed by atoms with Crippen LogP contribution in [-0.2, 0) is 9.63 Å². The van der Waals surface area contributed by atoms with Crippen LogP contribution in [0, 0.1) is 5.92 Å². The van der Waals surface area contributed by atoms with Crippen LogP contribution < -0.4 is 10.5 Å². The molecule has 0 amide bonds. The first kappa shape index (κ1) is 19.0. The Bertz CT molecular complexity index is 641. The first-order valence-corrected chi connectivity index (χ1v) is 8.88. The number of aromatic nitrogens is 1. The zero-order valence-corrected chi connectivity index (χ0v) is 15.3. The normalized spacial score (nSPS) is 20.5. The molecule has 1 aliphatic rings. The highest BCUT2D eigenvalue weighted by Crippen LogP contribution is 2.35. The Kier molecular flexibility index (Phi) is 6.44. The fourth-order valence-electron chi connectivity index (χ4n) is 2.16. The molecule has 1 aromatic heterocycles. The third-order valence-electron chi connectivity index (χ3n) is 3.41. The van der Waals surface area contributed by atoms with Crippen LogP contribution in [-0.4, -0.2) is 51.4 Å². The lowest BCUT2D eigenvalue weighted by atomic mass is 9.96. The number of amidine groups is 1. The highest BCUT2D eigenvalue weighted by atomic mass is 79.9. The van der Waals surface area contributed by atoms with Crippen molar-refractivity contribution in [1.29, 1.82) is 0 Å². The first-order chi connectivity index (χ1) is 11.3. The Morgan fingerprint density at radius 3 is 3.00 bits per heavy atom. The molecule has 1 saturated heterocycles. The van der Waals surface area contributed by atoms with E-state index in [2.05, 4.69) is 26.1 Å². The number of pyridine rings is 1. The Balaban J connectivity index is 1.92. The number of oxime groups is 1. The standard InChI is InChI=1S/C14H18BrN3O5S/c1-22-13-9(15)2-3-10(17-13)12(16)18-23-7-11(19)8-4-5-24-14(20,21)6-8/h2-3,8,20-21H,4-7H2,1H3,(H2,16,18). The maximum absolute atomic E-state index is 12.0. The molecule has 0 saturated carbocycles. The number of rotatable bonds is 6. The van der Waals surface area contributed by atoms with E-state index in [9.17, 15) is 15.0 Å². The smallest absolute Gasteiger partial charge is 0.228 e. The molecule has 1 unspecified atom stereocenters. The summed E-state index contributed by atoms with van der Waals surface area (Å²) in [6.07, 6.45) is 0.547. The van der Waals surface area contributed by atoms with Crippen molar-refractivity contribution >= 4 is 39.3 Å². The second-order valence-corrected chi connectivity index (χ2v) is 7.39. The van der Waals surface area contributed by atoms with E-state index in [1.807, 2.05) is 0 Å². The van der Waals surface area contributed by atoms with Gasteiger partial charge < -0.3 is 25.5 Å². The van der Waals surface area contributed by atoms with E-state index in [0.717, 1.165) is 11.8 Å². The van der Waals surface area contributed by atoms with Gasteiger partial charge in [-0.3, -0.25) is 4.79 Å². The van der Waals surface area contributed by atoms with Gasteiger partial charge in [-0.15, -0.1) is 0 Å². The van der Waals surface area contributed by atoms with Crippen LogP contribution in [0.3, 0.4) is 0 Å². The summed E-state index contributed by atoms with van der Waals surface area (Å²) in [5.74, 6) is 0.136.